The summed E-state index contributed by atoms with van der Waals surface area (Å²) in [4.78, 5) is 12.0. The molecule has 1 amide bonds. The number of amides is 1. The molecule has 1 heterocycles. The Morgan fingerprint density at radius 3 is 2.83 bits per heavy atom. The molecule has 2 aromatic carbocycles. The van der Waals surface area contributed by atoms with E-state index in [0.29, 0.717) is 17.5 Å². The predicted molar refractivity (Wildman–Crippen MR) is 88.6 cm³/mol. The summed E-state index contributed by atoms with van der Waals surface area (Å²) >= 11 is 0. The van der Waals surface area contributed by atoms with E-state index < -0.39 is 0 Å². The molecule has 1 aromatic heterocycles. The van der Waals surface area contributed by atoms with Gasteiger partial charge in [-0.05, 0) is 35.7 Å². The highest BCUT2D eigenvalue weighted by Crippen LogP contribution is 2.39. The van der Waals surface area contributed by atoms with Crippen LogP contribution in [-0.4, -0.2) is 22.7 Å². The number of anilines is 1. The number of nitrogens with one attached hydrogen (secondary N) is 2. The summed E-state index contributed by atoms with van der Waals surface area (Å²) in [6.45, 7) is -0.0377. The Balaban J connectivity index is 1.36. The van der Waals surface area contributed by atoms with Crippen molar-refractivity contribution in [2.75, 3.05) is 11.9 Å². The van der Waals surface area contributed by atoms with Gasteiger partial charge in [0.1, 0.15) is 5.75 Å². The van der Waals surface area contributed by atoms with E-state index in [1.165, 1.54) is 12.8 Å². The van der Waals surface area contributed by atoms with Crippen molar-refractivity contribution in [1.29, 1.82) is 0 Å². The summed E-state index contributed by atoms with van der Waals surface area (Å²) in [5.74, 6) is 1.60. The number of nitrogens with zero attached hydrogens (tertiary/aromatic N) is 1. The van der Waals surface area contributed by atoms with E-state index in [-0.39, 0.29) is 12.5 Å². The molecule has 1 aliphatic rings. The fourth-order valence-corrected chi connectivity index (χ4v) is 2.59. The van der Waals surface area contributed by atoms with E-state index in [1.54, 1.807) is 0 Å². The molecule has 116 valence electrons. The lowest BCUT2D eigenvalue weighted by atomic mass is 10.1. The number of benzene rings is 2. The van der Waals surface area contributed by atoms with Crippen LogP contribution in [0.5, 0.6) is 5.75 Å². The molecule has 1 fully saturated rings. The zero-order chi connectivity index (χ0) is 15.6. The monoisotopic (exact) mass is 307 g/mol. The van der Waals surface area contributed by atoms with E-state index in [4.69, 9.17) is 4.74 Å². The third-order valence-electron chi connectivity index (χ3n) is 3.97. The highest BCUT2D eigenvalue weighted by atomic mass is 16.5. The van der Waals surface area contributed by atoms with Crippen molar-refractivity contribution in [2.45, 2.75) is 18.8 Å². The molecule has 0 aliphatic heterocycles. The van der Waals surface area contributed by atoms with Gasteiger partial charge in [-0.3, -0.25) is 9.89 Å². The smallest absolute Gasteiger partial charge is 0.263 e. The summed E-state index contributed by atoms with van der Waals surface area (Å²) in [5, 5.41) is 12.0. The van der Waals surface area contributed by atoms with Crippen LogP contribution in [0.3, 0.4) is 0 Å². The Morgan fingerprint density at radius 2 is 2.00 bits per heavy atom. The first-order valence-corrected chi connectivity index (χ1v) is 7.75. The van der Waals surface area contributed by atoms with Crippen molar-refractivity contribution < 1.29 is 9.53 Å². The van der Waals surface area contributed by atoms with Gasteiger partial charge >= 0.3 is 0 Å². The number of carbonyl (C=O) groups excluding carboxylic acids is 1. The summed E-state index contributed by atoms with van der Waals surface area (Å²) in [5.41, 5.74) is 1.09. The van der Waals surface area contributed by atoms with Crippen molar-refractivity contribution in [3.63, 3.8) is 0 Å². The maximum Gasteiger partial charge on any atom is 0.263 e. The number of H-pyrrole nitrogens is 1. The SMILES string of the molecule is O=C(COc1ccc2ccccc2c1)Nc1cc(C2CC2)[nH]n1. The van der Waals surface area contributed by atoms with Gasteiger partial charge in [0.05, 0.1) is 0 Å². The highest BCUT2D eigenvalue weighted by molar-refractivity contribution is 5.91. The van der Waals surface area contributed by atoms with E-state index in [2.05, 4.69) is 15.5 Å². The van der Waals surface area contributed by atoms with Crippen molar-refractivity contribution in [1.82, 2.24) is 10.2 Å². The second kappa shape index (κ2) is 5.76. The van der Waals surface area contributed by atoms with Crippen molar-refractivity contribution in [2.24, 2.45) is 0 Å². The van der Waals surface area contributed by atoms with E-state index >= 15 is 0 Å². The molecule has 0 atom stereocenters. The topological polar surface area (TPSA) is 67.0 Å². The summed E-state index contributed by atoms with van der Waals surface area (Å²) in [7, 11) is 0. The fraction of sp³-hybridized carbons (Fsp3) is 0.222. The zero-order valence-electron chi connectivity index (χ0n) is 12.6. The Hall–Kier alpha value is -2.82. The van der Waals surface area contributed by atoms with E-state index in [0.717, 1.165) is 16.5 Å². The molecular weight excluding hydrogens is 290 g/mol. The number of ether oxygens (including phenoxy) is 1. The van der Waals surface area contributed by atoms with E-state index in [1.807, 2.05) is 48.5 Å². The molecule has 2 N–H and O–H groups in total. The lowest BCUT2D eigenvalue weighted by Crippen LogP contribution is -2.20. The maximum absolute atomic E-state index is 12.0. The molecule has 0 unspecified atom stereocenters. The molecular formula is C18H17N3O2. The minimum Gasteiger partial charge on any atom is -0.484 e. The third-order valence-corrected chi connectivity index (χ3v) is 3.97. The third kappa shape index (κ3) is 3.18. The largest absolute Gasteiger partial charge is 0.484 e. The van der Waals surface area contributed by atoms with Crippen LogP contribution in [0, 0.1) is 0 Å². The number of carbonyl (C=O) groups is 1. The fourth-order valence-electron chi connectivity index (χ4n) is 2.59. The second-order valence-electron chi connectivity index (χ2n) is 5.83. The Labute approximate surface area is 133 Å². The number of hydrogen-bond acceptors (Lipinski definition) is 3. The minimum absolute atomic E-state index is 0.0377. The van der Waals surface area contributed by atoms with Crippen LogP contribution in [0.2, 0.25) is 0 Å². The Kier molecular flexibility index (Phi) is 3.46. The van der Waals surface area contributed by atoms with E-state index in [9.17, 15) is 4.79 Å². The van der Waals surface area contributed by atoms with Crippen LogP contribution in [0.15, 0.2) is 48.5 Å². The summed E-state index contributed by atoms with van der Waals surface area (Å²) < 4.78 is 5.56. The minimum atomic E-state index is -0.216. The molecule has 5 heteroatoms. The maximum atomic E-state index is 12.0. The van der Waals surface area contributed by atoms with Crippen LogP contribution in [0.1, 0.15) is 24.5 Å². The van der Waals surface area contributed by atoms with Gasteiger partial charge in [0.15, 0.2) is 12.4 Å². The predicted octanol–water partition coefficient (Wildman–Crippen LogP) is 3.46. The van der Waals surface area contributed by atoms with Gasteiger partial charge in [0.25, 0.3) is 5.91 Å². The summed E-state index contributed by atoms with van der Waals surface area (Å²) in [6, 6.07) is 15.7. The van der Waals surface area contributed by atoms with Gasteiger partial charge in [0, 0.05) is 17.7 Å². The first-order chi connectivity index (χ1) is 11.3. The molecule has 23 heavy (non-hydrogen) atoms. The lowest BCUT2D eigenvalue weighted by Gasteiger charge is -2.07. The molecule has 1 saturated carbocycles. The molecule has 5 nitrogen and oxygen atoms in total. The van der Waals surface area contributed by atoms with Gasteiger partial charge in [-0.25, -0.2) is 0 Å². The first kappa shape index (κ1) is 13.8. The normalized spacial score (nSPS) is 13.9. The van der Waals surface area contributed by atoms with Gasteiger partial charge in [-0.1, -0.05) is 30.3 Å². The Bertz CT molecular complexity index is 852. The van der Waals surface area contributed by atoms with Crippen LogP contribution >= 0.6 is 0 Å². The highest BCUT2D eigenvalue weighted by Gasteiger charge is 2.25. The average molecular weight is 307 g/mol. The molecule has 4 rings (SSSR count). The van der Waals surface area contributed by atoms with Crippen molar-refractivity contribution in [3.8, 4) is 5.75 Å². The Morgan fingerprint density at radius 1 is 1.17 bits per heavy atom. The van der Waals surface area contributed by atoms with Crippen LogP contribution in [0.4, 0.5) is 5.82 Å². The molecule has 0 saturated heterocycles. The van der Waals surface area contributed by atoms with Gasteiger partial charge in [-0.15, -0.1) is 0 Å². The van der Waals surface area contributed by atoms with Crippen LogP contribution < -0.4 is 10.1 Å². The molecule has 0 spiro atoms. The van der Waals surface area contributed by atoms with Crippen LogP contribution in [0.25, 0.3) is 10.8 Å². The number of aromatic amines is 1. The quantitative estimate of drug-likeness (QED) is 0.758. The number of hydrogen-bond donors (Lipinski definition) is 2. The standard InChI is InChI=1S/C18H17N3O2/c22-18(19-17-10-16(20-21-17)13-5-6-13)11-23-15-8-7-12-3-1-2-4-14(12)9-15/h1-4,7-10,13H,5-6,11H2,(H2,19,20,21,22). The molecule has 1 aliphatic carbocycles. The lowest BCUT2D eigenvalue weighted by molar-refractivity contribution is -0.118. The van der Waals surface area contributed by atoms with Gasteiger partial charge in [-0.2, -0.15) is 5.10 Å². The van der Waals surface area contributed by atoms with Gasteiger partial charge in [0.2, 0.25) is 0 Å². The summed E-state index contributed by atoms with van der Waals surface area (Å²) in [6.07, 6.45) is 2.39. The second-order valence-corrected chi connectivity index (χ2v) is 5.83. The van der Waals surface area contributed by atoms with Gasteiger partial charge < -0.3 is 10.1 Å². The zero-order valence-corrected chi connectivity index (χ0v) is 12.6. The van der Waals surface area contributed by atoms with Crippen molar-refractivity contribution >= 4 is 22.5 Å². The number of aromatic nitrogens is 2. The molecule has 3 aromatic rings. The average Bonchev–Trinajstić information content (AvgIpc) is 3.33. The van der Waals surface area contributed by atoms with Crippen LogP contribution in [-0.2, 0) is 4.79 Å². The molecule has 0 radical (unpaired) electrons. The number of fused-ring (bicyclic) bond motifs is 1. The number of rotatable bonds is 5. The first-order valence-electron chi connectivity index (χ1n) is 7.75. The molecule has 0 bridgehead atoms. The van der Waals surface area contributed by atoms with Crippen molar-refractivity contribution in [3.05, 3.63) is 54.2 Å².